The Labute approximate surface area is 112 Å². The first-order chi connectivity index (χ1) is 8.39. The summed E-state index contributed by atoms with van der Waals surface area (Å²) in [5.41, 5.74) is 2.45. The summed E-state index contributed by atoms with van der Waals surface area (Å²) >= 11 is 0. The molecule has 0 heterocycles. The molecule has 0 radical (unpaired) electrons. The number of allylic oxidation sites excluding steroid dienone is 2. The Bertz CT molecular complexity index is 322. The Hall–Kier alpha value is -0.990. The van der Waals surface area contributed by atoms with Crippen molar-refractivity contribution in [1.29, 1.82) is 0 Å². The number of Topliss-reactive ketones (excluding diaryl/α,β-unsaturated/α-hetero) is 1. The Morgan fingerprint density at radius 1 is 1.22 bits per heavy atom. The summed E-state index contributed by atoms with van der Waals surface area (Å²) in [6.07, 6.45) is 2.91. The van der Waals surface area contributed by atoms with E-state index in [2.05, 4.69) is 44.8 Å². The van der Waals surface area contributed by atoms with Crippen molar-refractivity contribution in [2.24, 2.45) is 5.41 Å². The van der Waals surface area contributed by atoms with Crippen molar-refractivity contribution in [1.82, 2.24) is 10.2 Å². The fourth-order valence-electron chi connectivity index (χ4n) is 2.29. The quantitative estimate of drug-likeness (QED) is 0.707. The Kier molecular flexibility index (Phi) is 5.24. The van der Waals surface area contributed by atoms with Crippen molar-refractivity contribution in [3.8, 4) is 0 Å². The normalized spacial score (nSPS) is 15.7. The molecule has 0 fully saturated rings. The topological polar surface area (TPSA) is 32.3 Å². The monoisotopic (exact) mass is 252 g/mol. The van der Waals surface area contributed by atoms with E-state index in [1.54, 1.807) is 0 Å². The summed E-state index contributed by atoms with van der Waals surface area (Å²) in [5, 5.41) is 3.33. The molecule has 0 saturated heterocycles. The highest BCUT2D eigenvalue weighted by Gasteiger charge is 2.29. The van der Waals surface area contributed by atoms with Crippen LogP contribution in [0, 0.1) is 5.41 Å². The number of nitrogens with one attached hydrogen (secondary N) is 1. The molecule has 0 bridgehead atoms. The molecule has 0 aromatic heterocycles. The standard InChI is InChI=1S/C15H28N2O/c1-6-17(7-2)12-11-13(18)14(12)16-10-8-9-15(3,4)5/h16H,6-11H2,1-5H3. The highest BCUT2D eigenvalue weighted by atomic mass is 16.1. The lowest BCUT2D eigenvalue weighted by Crippen LogP contribution is -2.39. The molecule has 1 N–H and O–H groups in total. The molecule has 18 heavy (non-hydrogen) atoms. The van der Waals surface area contributed by atoms with Gasteiger partial charge in [0.2, 0.25) is 0 Å². The fourth-order valence-corrected chi connectivity index (χ4v) is 2.29. The van der Waals surface area contributed by atoms with E-state index in [0.717, 1.165) is 31.8 Å². The fraction of sp³-hybridized carbons (Fsp3) is 0.800. The molecule has 0 unspecified atom stereocenters. The first-order valence-electron chi connectivity index (χ1n) is 7.14. The van der Waals surface area contributed by atoms with Gasteiger partial charge in [0.25, 0.3) is 0 Å². The highest BCUT2D eigenvalue weighted by Crippen LogP contribution is 2.26. The van der Waals surface area contributed by atoms with Crippen LogP contribution in [-0.2, 0) is 4.79 Å². The van der Waals surface area contributed by atoms with Gasteiger partial charge in [0.05, 0.1) is 12.1 Å². The minimum Gasteiger partial charge on any atom is -0.381 e. The van der Waals surface area contributed by atoms with Crippen LogP contribution in [0.4, 0.5) is 0 Å². The van der Waals surface area contributed by atoms with Gasteiger partial charge in [-0.1, -0.05) is 20.8 Å². The predicted molar refractivity (Wildman–Crippen MR) is 76.3 cm³/mol. The van der Waals surface area contributed by atoms with Crippen LogP contribution in [0.25, 0.3) is 0 Å². The van der Waals surface area contributed by atoms with Gasteiger partial charge in [-0.15, -0.1) is 0 Å². The lowest BCUT2D eigenvalue weighted by Gasteiger charge is -2.33. The maximum atomic E-state index is 11.6. The zero-order chi connectivity index (χ0) is 13.8. The molecule has 0 aromatic carbocycles. The van der Waals surface area contributed by atoms with E-state index in [-0.39, 0.29) is 5.78 Å². The second-order valence-electron chi connectivity index (χ2n) is 6.18. The van der Waals surface area contributed by atoms with E-state index in [1.807, 2.05) is 0 Å². The van der Waals surface area contributed by atoms with E-state index in [0.29, 0.717) is 11.8 Å². The van der Waals surface area contributed by atoms with Gasteiger partial charge in [-0.25, -0.2) is 0 Å². The third-order valence-electron chi connectivity index (χ3n) is 3.45. The van der Waals surface area contributed by atoms with Gasteiger partial charge in [0.15, 0.2) is 5.78 Å². The predicted octanol–water partition coefficient (Wildman–Crippen LogP) is 2.93. The molecule has 3 heteroatoms. The molecule has 0 aliphatic heterocycles. The molecular weight excluding hydrogens is 224 g/mol. The zero-order valence-electron chi connectivity index (χ0n) is 12.6. The molecule has 1 aliphatic rings. The number of nitrogens with zero attached hydrogens (tertiary/aromatic N) is 1. The summed E-state index contributed by atoms with van der Waals surface area (Å²) in [4.78, 5) is 13.9. The largest absolute Gasteiger partial charge is 0.381 e. The van der Waals surface area contributed by atoms with Gasteiger partial charge in [-0.2, -0.15) is 0 Å². The Balaban J connectivity index is 2.44. The maximum Gasteiger partial charge on any atom is 0.186 e. The van der Waals surface area contributed by atoms with Crippen LogP contribution in [0.5, 0.6) is 0 Å². The van der Waals surface area contributed by atoms with E-state index >= 15 is 0 Å². The van der Waals surface area contributed by atoms with Crippen LogP contribution in [0.15, 0.2) is 11.4 Å². The number of carbonyl (C=O) groups excluding carboxylic acids is 1. The van der Waals surface area contributed by atoms with E-state index in [1.165, 1.54) is 12.1 Å². The Morgan fingerprint density at radius 3 is 2.28 bits per heavy atom. The molecule has 1 rings (SSSR count). The third kappa shape index (κ3) is 4.04. The first kappa shape index (κ1) is 15.1. The SMILES string of the molecule is CCN(CC)C1=C(NCCCC(C)(C)C)C(=O)C1. The van der Waals surface area contributed by atoms with E-state index < -0.39 is 0 Å². The van der Waals surface area contributed by atoms with Crippen LogP contribution < -0.4 is 5.32 Å². The van der Waals surface area contributed by atoms with Crippen LogP contribution >= 0.6 is 0 Å². The molecule has 0 amide bonds. The summed E-state index contributed by atoms with van der Waals surface area (Å²) in [6, 6.07) is 0. The van der Waals surface area contributed by atoms with Gasteiger partial charge in [-0.3, -0.25) is 4.79 Å². The van der Waals surface area contributed by atoms with Crippen LogP contribution in [0.1, 0.15) is 53.9 Å². The second kappa shape index (κ2) is 6.26. The average Bonchev–Trinajstić information content (AvgIpc) is 2.27. The van der Waals surface area contributed by atoms with Gasteiger partial charge in [0, 0.05) is 25.3 Å². The van der Waals surface area contributed by atoms with Crippen molar-refractivity contribution >= 4 is 5.78 Å². The lowest BCUT2D eigenvalue weighted by molar-refractivity contribution is -0.117. The van der Waals surface area contributed by atoms with Crippen molar-refractivity contribution in [3.05, 3.63) is 11.4 Å². The molecule has 3 nitrogen and oxygen atoms in total. The smallest absolute Gasteiger partial charge is 0.186 e. The minimum atomic E-state index is 0.271. The lowest BCUT2D eigenvalue weighted by atomic mass is 9.90. The maximum absolute atomic E-state index is 11.6. The molecule has 0 spiro atoms. The van der Waals surface area contributed by atoms with E-state index in [9.17, 15) is 4.79 Å². The van der Waals surface area contributed by atoms with Gasteiger partial charge in [0.1, 0.15) is 0 Å². The molecular formula is C15H28N2O. The van der Waals surface area contributed by atoms with Gasteiger partial charge >= 0.3 is 0 Å². The minimum absolute atomic E-state index is 0.271. The molecule has 0 atom stereocenters. The molecule has 0 aromatic rings. The van der Waals surface area contributed by atoms with Crippen molar-refractivity contribution in [3.63, 3.8) is 0 Å². The van der Waals surface area contributed by atoms with Crippen molar-refractivity contribution < 1.29 is 4.79 Å². The number of rotatable bonds is 7. The number of carbonyl (C=O) groups is 1. The van der Waals surface area contributed by atoms with Crippen molar-refractivity contribution in [2.75, 3.05) is 19.6 Å². The second-order valence-corrected chi connectivity index (χ2v) is 6.18. The summed E-state index contributed by atoms with van der Waals surface area (Å²) in [5.74, 6) is 0.271. The summed E-state index contributed by atoms with van der Waals surface area (Å²) < 4.78 is 0. The van der Waals surface area contributed by atoms with Gasteiger partial charge < -0.3 is 10.2 Å². The number of hydrogen-bond donors (Lipinski definition) is 1. The molecule has 104 valence electrons. The highest BCUT2D eigenvalue weighted by molar-refractivity contribution is 6.03. The van der Waals surface area contributed by atoms with Crippen LogP contribution in [-0.4, -0.2) is 30.3 Å². The van der Waals surface area contributed by atoms with E-state index in [4.69, 9.17) is 0 Å². The summed E-state index contributed by atoms with van der Waals surface area (Å²) in [7, 11) is 0. The van der Waals surface area contributed by atoms with Crippen molar-refractivity contribution in [2.45, 2.75) is 53.9 Å². The van der Waals surface area contributed by atoms with Crippen LogP contribution in [0.3, 0.4) is 0 Å². The zero-order valence-corrected chi connectivity index (χ0v) is 12.6. The molecule has 1 aliphatic carbocycles. The Morgan fingerprint density at radius 2 is 1.83 bits per heavy atom. The first-order valence-corrected chi connectivity index (χ1v) is 7.14. The third-order valence-corrected chi connectivity index (χ3v) is 3.45. The number of ketones is 1. The van der Waals surface area contributed by atoms with Crippen LogP contribution in [0.2, 0.25) is 0 Å². The molecule has 0 saturated carbocycles. The summed E-state index contributed by atoms with van der Waals surface area (Å²) in [6.45, 7) is 13.9. The number of hydrogen-bond acceptors (Lipinski definition) is 3. The average molecular weight is 252 g/mol. The van der Waals surface area contributed by atoms with Gasteiger partial charge in [-0.05, 0) is 32.1 Å².